The second kappa shape index (κ2) is 14.4. The summed E-state index contributed by atoms with van der Waals surface area (Å²) in [6.45, 7) is 4.64. The first-order valence-electron chi connectivity index (χ1n) is 10.5. The van der Waals surface area contributed by atoms with Gasteiger partial charge in [0, 0.05) is 19.3 Å². The molecule has 0 saturated heterocycles. The first-order chi connectivity index (χ1) is 16.0. The van der Waals surface area contributed by atoms with Crippen LogP contribution in [0.5, 0.6) is 0 Å². The number of carboxylic acid groups (broad SMARTS) is 4. The van der Waals surface area contributed by atoms with E-state index in [1.54, 1.807) is 20.8 Å². The Balaban J connectivity index is 5.37. The average Bonchev–Trinajstić information content (AvgIpc) is 2.68. The maximum Gasteiger partial charge on any atom is 0.408 e. The summed E-state index contributed by atoms with van der Waals surface area (Å²) in [5.74, 6) is -7.45. The summed E-state index contributed by atoms with van der Waals surface area (Å²) >= 11 is 0. The highest BCUT2D eigenvalue weighted by atomic mass is 16.6. The van der Waals surface area contributed by atoms with Crippen LogP contribution in [-0.4, -0.2) is 85.9 Å². The van der Waals surface area contributed by atoms with Gasteiger partial charge in [-0.2, -0.15) is 0 Å². The van der Waals surface area contributed by atoms with Crippen LogP contribution in [-0.2, 0) is 33.5 Å². The second-order valence-corrected chi connectivity index (χ2v) is 8.46. The SMILES string of the molecule is CC(C)(C)OC(=O)N[C@@H](CCC(=O)NC(CCC(=O)O)C(=O)O)C(=O)NC(CCC(=O)O)C(=O)O. The van der Waals surface area contributed by atoms with Crippen LogP contribution in [0.25, 0.3) is 0 Å². The molecule has 0 spiro atoms. The predicted molar refractivity (Wildman–Crippen MR) is 115 cm³/mol. The van der Waals surface area contributed by atoms with Crippen LogP contribution in [0.3, 0.4) is 0 Å². The fraction of sp³-hybridized carbons (Fsp3) is 0.650. The maximum absolute atomic E-state index is 12.6. The molecule has 7 N–H and O–H groups in total. The lowest BCUT2D eigenvalue weighted by molar-refractivity contribution is -0.143. The molecule has 0 fully saturated rings. The van der Waals surface area contributed by atoms with Crippen LogP contribution in [0.4, 0.5) is 4.79 Å². The summed E-state index contributed by atoms with van der Waals surface area (Å²) in [5, 5.41) is 42.2. The number of ether oxygens (including phenoxy) is 1. The van der Waals surface area contributed by atoms with E-state index in [0.717, 1.165) is 0 Å². The van der Waals surface area contributed by atoms with Gasteiger partial charge in [-0.1, -0.05) is 0 Å². The van der Waals surface area contributed by atoms with Crippen LogP contribution >= 0.6 is 0 Å². The number of nitrogens with one attached hydrogen (secondary N) is 3. The summed E-state index contributed by atoms with van der Waals surface area (Å²) in [4.78, 5) is 80.9. The number of amides is 3. The van der Waals surface area contributed by atoms with Crippen molar-refractivity contribution in [3.8, 4) is 0 Å². The largest absolute Gasteiger partial charge is 0.481 e. The molecule has 0 heterocycles. The Bertz CT molecular complexity index is 821. The summed E-state index contributed by atoms with van der Waals surface area (Å²) in [6, 6.07) is -4.59. The molecule has 15 heteroatoms. The smallest absolute Gasteiger partial charge is 0.408 e. The van der Waals surface area contributed by atoms with Gasteiger partial charge in [0.1, 0.15) is 23.7 Å². The third-order valence-electron chi connectivity index (χ3n) is 4.21. The third-order valence-corrected chi connectivity index (χ3v) is 4.21. The Kier molecular flexibility index (Phi) is 12.8. The van der Waals surface area contributed by atoms with Gasteiger partial charge in [0.05, 0.1) is 0 Å². The quantitative estimate of drug-likeness (QED) is 0.149. The zero-order valence-electron chi connectivity index (χ0n) is 19.5. The van der Waals surface area contributed by atoms with Gasteiger partial charge in [-0.25, -0.2) is 14.4 Å². The maximum atomic E-state index is 12.6. The Hall–Kier alpha value is -3.91. The highest BCUT2D eigenvalue weighted by molar-refractivity contribution is 5.90. The van der Waals surface area contributed by atoms with Crippen molar-refractivity contribution in [1.82, 2.24) is 16.0 Å². The lowest BCUT2D eigenvalue weighted by Gasteiger charge is -2.24. The summed E-state index contributed by atoms with van der Waals surface area (Å²) in [7, 11) is 0. The van der Waals surface area contributed by atoms with Gasteiger partial charge >= 0.3 is 30.0 Å². The lowest BCUT2D eigenvalue weighted by Crippen LogP contribution is -2.52. The monoisotopic (exact) mass is 505 g/mol. The van der Waals surface area contributed by atoms with Crippen molar-refractivity contribution in [2.24, 2.45) is 0 Å². The van der Waals surface area contributed by atoms with E-state index in [4.69, 9.17) is 20.1 Å². The number of aliphatic carboxylic acids is 4. The summed E-state index contributed by atoms with van der Waals surface area (Å²) in [6.07, 6.45) is -3.88. The average molecular weight is 505 g/mol. The number of hydrogen-bond acceptors (Lipinski definition) is 8. The fourth-order valence-electron chi connectivity index (χ4n) is 2.58. The molecule has 0 aromatic heterocycles. The molecule has 0 rings (SSSR count). The molecule has 0 aromatic rings. The molecule has 35 heavy (non-hydrogen) atoms. The first-order valence-corrected chi connectivity index (χ1v) is 10.5. The van der Waals surface area contributed by atoms with Gasteiger partial charge in [-0.05, 0) is 40.0 Å². The van der Waals surface area contributed by atoms with E-state index in [-0.39, 0.29) is 6.42 Å². The Labute approximate surface area is 200 Å². The van der Waals surface area contributed by atoms with Crippen molar-refractivity contribution in [1.29, 1.82) is 0 Å². The van der Waals surface area contributed by atoms with E-state index < -0.39 is 97.6 Å². The number of carbonyl (C=O) groups excluding carboxylic acids is 3. The second-order valence-electron chi connectivity index (χ2n) is 8.46. The predicted octanol–water partition coefficient (Wildman–Crippen LogP) is -0.472. The van der Waals surface area contributed by atoms with Gasteiger partial charge < -0.3 is 41.1 Å². The van der Waals surface area contributed by atoms with Gasteiger partial charge in [0.25, 0.3) is 0 Å². The minimum absolute atomic E-state index is 0.389. The van der Waals surface area contributed by atoms with E-state index in [0.29, 0.717) is 0 Å². The van der Waals surface area contributed by atoms with E-state index >= 15 is 0 Å². The topological polar surface area (TPSA) is 246 Å². The molecule has 198 valence electrons. The van der Waals surface area contributed by atoms with Crippen molar-refractivity contribution in [2.45, 2.75) is 83.0 Å². The van der Waals surface area contributed by atoms with Gasteiger partial charge in [-0.15, -0.1) is 0 Å². The van der Waals surface area contributed by atoms with Gasteiger partial charge in [0.15, 0.2) is 0 Å². The van der Waals surface area contributed by atoms with E-state index in [9.17, 15) is 38.7 Å². The molecular weight excluding hydrogens is 474 g/mol. The molecule has 2 unspecified atom stereocenters. The van der Waals surface area contributed by atoms with Crippen molar-refractivity contribution in [3.63, 3.8) is 0 Å². The Morgan fingerprint density at radius 1 is 0.657 bits per heavy atom. The summed E-state index contributed by atoms with van der Waals surface area (Å²) < 4.78 is 5.05. The van der Waals surface area contributed by atoms with E-state index in [1.165, 1.54) is 0 Å². The normalized spacial score (nSPS) is 13.5. The van der Waals surface area contributed by atoms with Gasteiger partial charge in [0.2, 0.25) is 11.8 Å². The fourth-order valence-corrected chi connectivity index (χ4v) is 2.58. The highest BCUT2D eigenvalue weighted by Gasteiger charge is 2.29. The zero-order chi connectivity index (χ0) is 27.3. The molecule has 0 aliphatic heterocycles. The molecule has 3 atom stereocenters. The molecule has 0 bridgehead atoms. The zero-order valence-corrected chi connectivity index (χ0v) is 19.5. The number of carboxylic acids is 4. The number of rotatable bonds is 15. The van der Waals surface area contributed by atoms with Crippen LogP contribution in [0.1, 0.15) is 59.3 Å². The molecule has 3 amide bonds. The standard InChI is InChI=1S/C20H31N3O12/c1-20(2,3)35-19(34)23-10(16(29)22-12(18(32)33)6-9-15(27)28)4-7-13(24)21-11(17(30)31)5-8-14(25)26/h10-12H,4-9H2,1-3H3,(H,21,24)(H,22,29)(H,23,34)(H,25,26)(H,27,28)(H,30,31)(H,32,33)/t10-,11?,12?/m0/s1. The number of hydrogen-bond donors (Lipinski definition) is 7. The molecule has 0 radical (unpaired) electrons. The molecule has 0 saturated carbocycles. The summed E-state index contributed by atoms with van der Waals surface area (Å²) in [5.41, 5.74) is -0.952. The Morgan fingerprint density at radius 3 is 1.49 bits per heavy atom. The van der Waals surface area contributed by atoms with Crippen molar-refractivity contribution < 1.29 is 58.7 Å². The number of carbonyl (C=O) groups is 7. The minimum Gasteiger partial charge on any atom is -0.481 e. The molecule has 15 nitrogen and oxygen atoms in total. The van der Waals surface area contributed by atoms with Crippen LogP contribution in [0, 0.1) is 0 Å². The van der Waals surface area contributed by atoms with Gasteiger partial charge in [-0.3, -0.25) is 19.2 Å². The van der Waals surface area contributed by atoms with Crippen LogP contribution in [0.2, 0.25) is 0 Å². The van der Waals surface area contributed by atoms with Crippen LogP contribution in [0.15, 0.2) is 0 Å². The molecule has 0 aliphatic carbocycles. The van der Waals surface area contributed by atoms with Crippen molar-refractivity contribution in [3.05, 3.63) is 0 Å². The van der Waals surface area contributed by atoms with Crippen molar-refractivity contribution >= 4 is 41.8 Å². The number of alkyl carbamates (subject to hydrolysis) is 1. The molecule has 0 aromatic carbocycles. The van der Waals surface area contributed by atoms with Crippen molar-refractivity contribution in [2.75, 3.05) is 0 Å². The van der Waals surface area contributed by atoms with Crippen LogP contribution < -0.4 is 16.0 Å². The minimum atomic E-state index is -1.59. The lowest BCUT2D eigenvalue weighted by atomic mass is 10.1. The highest BCUT2D eigenvalue weighted by Crippen LogP contribution is 2.09. The molecular formula is C20H31N3O12. The first kappa shape index (κ1) is 31.1. The Morgan fingerprint density at radius 2 is 1.09 bits per heavy atom. The van der Waals surface area contributed by atoms with E-state index in [2.05, 4.69) is 16.0 Å². The molecule has 0 aliphatic rings. The van der Waals surface area contributed by atoms with E-state index in [1.807, 2.05) is 0 Å². The third kappa shape index (κ3) is 14.8.